The molecule has 4 rings (SSSR count). The van der Waals surface area contributed by atoms with Crippen molar-refractivity contribution in [1.29, 1.82) is 0 Å². The molecule has 22 heavy (non-hydrogen) atoms. The standard InChI is InChI=1S/C16H12Cl2N4/c17-11-3-4-13(18)14(8-11)22-16-12(5-7-20-16)15(21-22)10-2-1-6-19-9-10/h1-4,6,8-9,20H,5,7H2. The first-order valence-electron chi connectivity index (χ1n) is 6.95. The fourth-order valence-corrected chi connectivity index (χ4v) is 3.10. The van der Waals surface area contributed by atoms with Gasteiger partial charge >= 0.3 is 0 Å². The van der Waals surface area contributed by atoms with E-state index >= 15 is 0 Å². The molecule has 2 aromatic heterocycles. The smallest absolute Gasteiger partial charge is 0.133 e. The first-order valence-corrected chi connectivity index (χ1v) is 7.71. The van der Waals surface area contributed by atoms with Crippen LogP contribution >= 0.6 is 23.2 Å². The summed E-state index contributed by atoms with van der Waals surface area (Å²) in [6, 6.07) is 9.30. The Morgan fingerprint density at radius 1 is 1.18 bits per heavy atom. The Kier molecular flexibility index (Phi) is 3.28. The lowest BCUT2D eigenvalue weighted by molar-refractivity contribution is 0.882. The average Bonchev–Trinajstić information content (AvgIpc) is 3.13. The van der Waals surface area contributed by atoms with E-state index in [1.807, 2.05) is 29.1 Å². The minimum absolute atomic E-state index is 0.612. The molecular formula is C16H12Cl2N4. The molecule has 3 aromatic rings. The van der Waals surface area contributed by atoms with Gasteiger partial charge < -0.3 is 5.32 Å². The second-order valence-corrected chi connectivity index (χ2v) is 5.95. The van der Waals surface area contributed by atoms with Crippen molar-refractivity contribution in [2.75, 3.05) is 11.9 Å². The third-order valence-electron chi connectivity index (χ3n) is 3.72. The number of benzene rings is 1. The largest absolute Gasteiger partial charge is 0.369 e. The van der Waals surface area contributed by atoms with Gasteiger partial charge in [0.1, 0.15) is 5.82 Å². The summed E-state index contributed by atoms with van der Waals surface area (Å²) < 4.78 is 1.83. The lowest BCUT2D eigenvalue weighted by Crippen LogP contribution is -2.04. The van der Waals surface area contributed by atoms with Crippen LogP contribution in [0.2, 0.25) is 10.0 Å². The van der Waals surface area contributed by atoms with E-state index in [0.29, 0.717) is 10.0 Å². The van der Waals surface area contributed by atoms with E-state index in [2.05, 4.69) is 10.3 Å². The number of pyridine rings is 1. The van der Waals surface area contributed by atoms with Crippen LogP contribution in [0, 0.1) is 0 Å². The van der Waals surface area contributed by atoms with Gasteiger partial charge in [-0.25, -0.2) is 4.68 Å². The second kappa shape index (κ2) is 5.30. The highest BCUT2D eigenvalue weighted by molar-refractivity contribution is 6.34. The van der Waals surface area contributed by atoms with Gasteiger partial charge in [0, 0.05) is 35.1 Å². The number of hydrogen-bond donors (Lipinski definition) is 1. The molecule has 0 aliphatic carbocycles. The number of hydrogen-bond acceptors (Lipinski definition) is 3. The number of fused-ring (bicyclic) bond motifs is 1. The molecule has 3 heterocycles. The summed E-state index contributed by atoms with van der Waals surface area (Å²) >= 11 is 12.4. The first kappa shape index (κ1) is 13.6. The molecule has 110 valence electrons. The average molecular weight is 331 g/mol. The maximum atomic E-state index is 6.33. The minimum Gasteiger partial charge on any atom is -0.369 e. The normalized spacial score (nSPS) is 13.0. The maximum Gasteiger partial charge on any atom is 0.133 e. The zero-order valence-corrected chi connectivity index (χ0v) is 13.1. The van der Waals surface area contributed by atoms with Crippen molar-refractivity contribution >= 4 is 29.0 Å². The van der Waals surface area contributed by atoms with E-state index in [9.17, 15) is 0 Å². The van der Waals surface area contributed by atoms with Crippen molar-refractivity contribution in [3.05, 3.63) is 58.3 Å². The Bertz CT molecular complexity index is 843. The second-order valence-electron chi connectivity index (χ2n) is 5.10. The number of nitrogens with one attached hydrogen (secondary N) is 1. The quantitative estimate of drug-likeness (QED) is 0.765. The van der Waals surface area contributed by atoms with E-state index in [-0.39, 0.29) is 0 Å². The van der Waals surface area contributed by atoms with Crippen molar-refractivity contribution in [2.45, 2.75) is 6.42 Å². The SMILES string of the molecule is Clc1ccc(Cl)c(-n2nc(-c3cccnc3)c3c2NCC3)c1. The number of anilines is 1. The van der Waals surface area contributed by atoms with Crippen molar-refractivity contribution in [1.82, 2.24) is 14.8 Å². The van der Waals surface area contributed by atoms with Gasteiger partial charge in [-0.05, 0) is 36.8 Å². The van der Waals surface area contributed by atoms with Gasteiger partial charge in [-0.15, -0.1) is 0 Å². The highest BCUT2D eigenvalue weighted by Gasteiger charge is 2.24. The Hall–Kier alpha value is -2.04. The van der Waals surface area contributed by atoms with Crippen molar-refractivity contribution < 1.29 is 0 Å². The summed E-state index contributed by atoms with van der Waals surface area (Å²) in [5, 5.41) is 9.37. The van der Waals surface area contributed by atoms with Crippen LogP contribution < -0.4 is 5.32 Å². The lowest BCUT2D eigenvalue weighted by Gasteiger charge is -2.08. The maximum absolute atomic E-state index is 6.33. The number of rotatable bonds is 2. The van der Waals surface area contributed by atoms with Gasteiger partial charge in [-0.2, -0.15) is 5.10 Å². The Labute approximate surface area is 137 Å². The molecule has 1 aromatic carbocycles. The Morgan fingerprint density at radius 3 is 2.91 bits per heavy atom. The van der Waals surface area contributed by atoms with Crippen LogP contribution in [0.4, 0.5) is 5.82 Å². The van der Waals surface area contributed by atoms with Crippen LogP contribution in [-0.2, 0) is 6.42 Å². The monoisotopic (exact) mass is 330 g/mol. The van der Waals surface area contributed by atoms with Crippen LogP contribution in [0.3, 0.4) is 0 Å². The number of halogens is 2. The fraction of sp³-hybridized carbons (Fsp3) is 0.125. The molecule has 1 N–H and O–H groups in total. The molecule has 1 aliphatic rings. The summed E-state index contributed by atoms with van der Waals surface area (Å²) in [5.41, 5.74) is 3.89. The van der Waals surface area contributed by atoms with E-state index in [0.717, 1.165) is 35.7 Å². The molecule has 0 spiro atoms. The van der Waals surface area contributed by atoms with Gasteiger partial charge in [0.05, 0.1) is 16.4 Å². The topological polar surface area (TPSA) is 42.7 Å². The van der Waals surface area contributed by atoms with Gasteiger partial charge in [0.25, 0.3) is 0 Å². The number of nitrogens with zero attached hydrogens (tertiary/aromatic N) is 3. The fourth-order valence-electron chi connectivity index (χ4n) is 2.73. The zero-order chi connectivity index (χ0) is 15.1. The Balaban J connectivity index is 1.94. The van der Waals surface area contributed by atoms with Crippen LogP contribution in [0.1, 0.15) is 5.56 Å². The molecule has 0 saturated heterocycles. The predicted molar refractivity (Wildman–Crippen MR) is 89.0 cm³/mol. The van der Waals surface area contributed by atoms with E-state index in [1.54, 1.807) is 18.3 Å². The van der Waals surface area contributed by atoms with Crippen LogP contribution in [-0.4, -0.2) is 21.3 Å². The minimum atomic E-state index is 0.612. The Morgan fingerprint density at radius 2 is 2.09 bits per heavy atom. The molecule has 0 amide bonds. The van der Waals surface area contributed by atoms with Crippen molar-refractivity contribution in [2.24, 2.45) is 0 Å². The van der Waals surface area contributed by atoms with E-state index in [4.69, 9.17) is 28.3 Å². The van der Waals surface area contributed by atoms with Crippen molar-refractivity contribution in [3.63, 3.8) is 0 Å². The lowest BCUT2D eigenvalue weighted by atomic mass is 10.1. The van der Waals surface area contributed by atoms with Gasteiger partial charge in [-0.1, -0.05) is 23.2 Å². The molecule has 6 heteroatoms. The van der Waals surface area contributed by atoms with E-state index < -0.39 is 0 Å². The summed E-state index contributed by atoms with van der Waals surface area (Å²) in [6.45, 7) is 0.888. The molecule has 1 aliphatic heterocycles. The predicted octanol–water partition coefficient (Wildman–Crippen LogP) is 4.21. The van der Waals surface area contributed by atoms with Gasteiger partial charge in [0.15, 0.2) is 0 Å². The number of aromatic nitrogens is 3. The molecule has 4 nitrogen and oxygen atoms in total. The summed E-state index contributed by atoms with van der Waals surface area (Å²) in [5.74, 6) is 0.975. The highest BCUT2D eigenvalue weighted by atomic mass is 35.5. The van der Waals surface area contributed by atoms with Gasteiger partial charge in [-0.3, -0.25) is 4.98 Å². The molecule has 0 fully saturated rings. The van der Waals surface area contributed by atoms with Crippen molar-refractivity contribution in [3.8, 4) is 16.9 Å². The molecule has 0 saturated carbocycles. The van der Waals surface area contributed by atoms with E-state index in [1.165, 1.54) is 5.56 Å². The third kappa shape index (κ3) is 2.16. The zero-order valence-electron chi connectivity index (χ0n) is 11.6. The summed E-state index contributed by atoms with van der Waals surface area (Å²) in [4.78, 5) is 4.18. The van der Waals surface area contributed by atoms with Crippen LogP contribution in [0.15, 0.2) is 42.7 Å². The first-order chi connectivity index (χ1) is 10.7. The highest BCUT2D eigenvalue weighted by Crippen LogP contribution is 2.36. The molecule has 0 atom stereocenters. The molecular weight excluding hydrogens is 319 g/mol. The van der Waals surface area contributed by atoms with Gasteiger partial charge in [0.2, 0.25) is 0 Å². The summed E-state index contributed by atoms with van der Waals surface area (Å²) in [6.07, 6.45) is 4.51. The molecule has 0 radical (unpaired) electrons. The molecule has 0 bridgehead atoms. The van der Waals surface area contributed by atoms with Crippen LogP contribution in [0.25, 0.3) is 16.9 Å². The summed E-state index contributed by atoms with van der Waals surface area (Å²) in [7, 11) is 0. The molecule has 0 unspecified atom stereocenters. The van der Waals surface area contributed by atoms with Crippen LogP contribution in [0.5, 0.6) is 0 Å². The third-order valence-corrected chi connectivity index (χ3v) is 4.28.